The number of amides is 1. The average molecular weight is 275 g/mol. The Labute approximate surface area is 117 Å². The van der Waals surface area contributed by atoms with E-state index >= 15 is 0 Å². The fourth-order valence-corrected chi connectivity index (χ4v) is 1.96. The minimum Gasteiger partial charge on any atom is -0.496 e. The van der Waals surface area contributed by atoms with Gasteiger partial charge in [-0.15, -0.1) is 0 Å². The topological polar surface area (TPSA) is 67.5 Å². The molecular weight excluding hydrogens is 258 g/mol. The van der Waals surface area contributed by atoms with Crippen LogP contribution in [0.1, 0.15) is 15.9 Å². The molecule has 1 aromatic heterocycles. The second kappa shape index (κ2) is 6.10. The summed E-state index contributed by atoms with van der Waals surface area (Å²) in [6.45, 7) is 0.455. The van der Waals surface area contributed by atoms with Gasteiger partial charge in [0.1, 0.15) is 17.1 Å². The third-order valence-electron chi connectivity index (χ3n) is 2.96. The Morgan fingerprint density at radius 3 is 2.45 bits per heavy atom. The van der Waals surface area contributed by atoms with E-state index in [0.717, 1.165) is 5.56 Å². The maximum absolute atomic E-state index is 12.6. The van der Waals surface area contributed by atoms with Crippen molar-refractivity contribution in [2.24, 2.45) is 0 Å². The van der Waals surface area contributed by atoms with Gasteiger partial charge in [0.2, 0.25) is 0 Å². The molecule has 1 N–H and O–H groups in total. The summed E-state index contributed by atoms with van der Waals surface area (Å²) in [6, 6.07) is 5.26. The van der Waals surface area contributed by atoms with Crippen LogP contribution in [0, 0.1) is 0 Å². The molecule has 1 heterocycles. The van der Waals surface area contributed by atoms with Gasteiger partial charge in [-0.25, -0.2) is 0 Å². The van der Waals surface area contributed by atoms with Crippen LogP contribution in [0.4, 0.5) is 0 Å². The lowest BCUT2D eigenvalue weighted by atomic mass is 10.1. The van der Waals surface area contributed by atoms with Crippen molar-refractivity contribution in [1.29, 1.82) is 0 Å². The number of benzene rings is 1. The number of rotatable bonds is 5. The van der Waals surface area contributed by atoms with Crippen LogP contribution in [-0.2, 0) is 6.54 Å². The van der Waals surface area contributed by atoms with Gasteiger partial charge in [0.15, 0.2) is 0 Å². The normalized spacial score (nSPS) is 10.2. The summed E-state index contributed by atoms with van der Waals surface area (Å²) in [5.41, 5.74) is 1.35. The van der Waals surface area contributed by atoms with E-state index in [2.05, 4.69) is 10.2 Å². The molecule has 6 nitrogen and oxygen atoms in total. The number of aromatic amines is 1. The fourth-order valence-electron chi connectivity index (χ4n) is 1.96. The zero-order chi connectivity index (χ0) is 14.5. The number of hydrogen-bond acceptors (Lipinski definition) is 4. The van der Waals surface area contributed by atoms with Crippen molar-refractivity contribution in [3.8, 4) is 11.5 Å². The van der Waals surface area contributed by atoms with E-state index in [1.165, 1.54) is 14.2 Å². The molecule has 0 fully saturated rings. The summed E-state index contributed by atoms with van der Waals surface area (Å²) >= 11 is 0. The summed E-state index contributed by atoms with van der Waals surface area (Å²) in [4.78, 5) is 14.2. The highest BCUT2D eigenvalue weighted by Gasteiger charge is 2.21. The highest BCUT2D eigenvalue weighted by molar-refractivity contribution is 5.99. The SMILES string of the molecule is COc1cccc(OC)c1C(=O)N(C)Cc1cn[nH]c1. The lowest BCUT2D eigenvalue weighted by Gasteiger charge is -2.19. The van der Waals surface area contributed by atoms with Crippen molar-refractivity contribution < 1.29 is 14.3 Å². The Hall–Kier alpha value is -2.50. The second-order valence-corrected chi connectivity index (χ2v) is 4.31. The minimum atomic E-state index is -0.166. The van der Waals surface area contributed by atoms with E-state index in [1.54, 1.807) is 42.5 Å². The molecule has 0 aliphatic rings. The van der Waals surface area contributed by atoms with Crippen LogP contribution in [0.15, 0.2) is 30.6 Å². The molecule has 6 heteroatoms. The molecule has 0 aliphatic heterocycles. The smallest absolute Gasteiger partial charge is 0.261 e. The summed E-state index contributed by atoms with van der Waals surface area (Å²) in [5, 5.41) is 6.58. The first-order chi connectivity index (χ1) is 9.67. The maximum atomic E-state index is 12.6. The van der Waals surface area contributed by atoms with Gasteiger partial charge < -0.3 is 14.4 Å². The molecule has 0 saturated carbocycles. The number of carbonyl (C=O) groups is 1. The monoisotopic (exact) mass is 275 g/mol. The lowest BCUT2D eigenvalue weighted by Crippen LogP contribution is -2.27. The van der Waals surface area contributed by atoms with Crippen molar-refractivity contribution in [2.75, 3.05) is 21.3 Å². The molecular formula is C14H17N3O3. The molecule has 20 heavy (non-hydrogen) atoms. The third-order valence-corrected chi connectivity index (χ3v) is 2.96. The summed E-state index contributed by atoms with van der Waals surface area (Å²) in [7, 11) is 4.78. The van der Waals surface area contributed by atoms with Crippen molar-refractivity contribution in [2.45, 2.75) is 6.54 Å². The standard InChI is InChI=1S/C14H17N3O3/c1-17(9-10-7-15-16-8-10)14(18)13-11(19-2)5-4-6-12(13)20-3/h4-8H,9H2,1-3H3,(H,15,16). The van der Waals surface area contributed by atoms with Gasteiger partial charge >= 0.3 is 0 Å². The van der Waals surface area contributed by atoms with Crippen molar-refractivity contribution in [3.63, 3.8) is 0 Å². The van der Waals surface area contributed by atoms with E-state index in [0.29, 0.717) is 23.6 Å². The first kappa shape index (κ1) is 13.9. The molecule has 0 radical (unpaired) electrons. The number of nitrogens with one attached hydrogen (secondary N) is 1. The number of hydrogen-bond donors (Lipinski definition) is 1. The number of H-pyrrole nitrogens is 1. The van der Waals surface area contributed by atoms with E-state index < -0.39 is 0 Å². The summed E-state index contributed by atoms with van der Waals surface area (Å²) in [5.74, 6) is 0.822. The molecule has 106 valence electrons. The Morgan fingerprint density at radius 2 is 1.95 bits per heavy atom. The van der Waals surface area contributed by atoms with Crippen LogP contribution < -0.4 is 9.47 Å². The van der Waals surface area contributed by atoms with E-state index in [1.807, 2.05) is 0 Å². The molecule has 2 aromatic rings. The number of methoxy groups -OCH3 is 2. The number of ether oxygens (including phenoxy) is 2. The zero-order valence-electron chi connectivity index (χ0n) is 11.7. The molecule has 1 aromatic carbocycles. The third kappa shape index (κ3) is 2.74. The Kier molecular flexibility index (Phi) is 4.24. The lowest BCUT2D eigenvalue weighted by molar-refractivity contribution is 0.0778. The van der Waals surface area contributed by atoms with Crippen molar-refractivity contribution >= 4 is 5.91 Å². The highest BCUT2D eigenvalue weighted by Crippen LogP contribution is 2.29. The highest BCUT2D eigenvalue weighted by atomic mass is 16.5. The van der Waals surface area contributed by atoms with Crippen LogP contribution in [0.25, 0.3) is 0 Å². The maximum Gasteiger partial charge on any atom is 0.261 e. The van der Waals surface area contributed by atoms with Gasteiger partial charge in [-0.2, -0.15) is 5.10 Å². The number of carbonyl (C=O) groups excluding carboxylic acids is 1. The molecule has 0 aliphatic carbocycles. The van der Waals surface area contributed by atoms with Crippen molar-refractivity contribution in [3.05, 3.63) is 41.7 Å². The van der Waals surface area contributed by atoms with Gasteiger partial charge in [-0.1, -0.05) is 6.07 Å². The average Bonchev–Trinajstić information content (AvgIpc) is 2.98. The van der Waals surface area contributed by atoms with Gasteiger partial charge in [-0.3, -0.25) is 9.89 Å². The molecule has 0 saturated heterocycles. The van der Waals surface area contributed by atoms with Crippen LogP contribution >= 0.6 is 0 Å². The molecule has 0 atom stereocenters. The van der Waals surface area contributed by atoms with Crippen LogP contribution in [0.2, 0.25) is 0 Å². The van der Waals surface area contributed by atoms with Crippen molar-refractivity contribution in [1.82, 2.24) is 15.1 Å². The first-order valence-electron chi connectivity index (χ1n) is 6.11. The molecule has 0 spiro atoms. The molecule has 2 rings (SSSR count). The minimum absolute atomic E-state index is 0.166. The summed E-state index contributed by atoms with van der Waals surface area (Å²) in [6.07, 6.45) is 3.44. The van der Waals surface area contributed by atoms with E-state index in [9.17, 15) is 4.79 Å². The van der Waals surface area contributed by atoms with Gasteiger partial charge in [0, 0.05) is 25.4 Å². The fraction of sp³-hybridized carbons (Fsp3) is 0.286. The zero-order valence-corrected chi connectivity index (χ0v) is 11.7. The Bertz CT molecular complexity index is 559. The van der Waals surface area contributed by atoms with E-state index in [4.69, 9.17) is 9.47 Å². The van der Waals surface area contributed by atoms with Gasteiger partial charge in [0.25, 0.3) is 5.91 Å². The Morgan fingerprint density at radius 1 is 1.30 bits per heavy atom. The number of aromatic nitrogens is 2. The first-order valence-corrected chi connectivity index (χ1v) is 6.11. The molecule has 0 bridgehead atoms. The van der Waals surface area contributed by atoms with Gasteiger partial charge in [0.05, 0.1) is 20.4 Å². The molecule has 1 amide bonds. The Balaban J connectivity index is 2.28. The van der Waals surface area contributed by atoms with Crippen LogP contribution in [0.3, 0.4) is 0 Å². The largest absolute Gasteiger partial charge is 0.496 e. The van der Waals surface area contributed by atoms with Gasteiger partial charge in [-0.05, 0) is 12.1 Å². The number of nitrogens with zero attached hydrogens (tertiary/aromatic N) is 2. The van der Waals surface area contributed by atoms with Crippen LogP contribution in [-0.4, -0.2) is 42.3 Å². The predicted octanol–water partition coefficient (Wildman–Crippen LogP) is 1.70. The quantitative estimate of drug-likeness (QED) is 0.901. The molecule has 0 unspecified atom stereocenters. The summed E-state index contributed by atoms with van der Waals surface area (Å²) < 4.78 is 10.5. The van der Waals surface area contributed by atoms with E-state index in [-0.39, 0.29) is 5.91 Å². The van der Waals surface area contributed by atoms with Crippen LogP contribution in [0.5, 0.6) is 11.5 Å². The predicted molar refractivity (Wildman–Crippen MR) is 73.9 cm³/mol. The second-order valence-electron chi connectivity index (χ2n) is 4.31.